The lowest BCUT2D eigenvalue weighted by Gasteiger charge is -2.35. The van der Waals surface area contributed by atoms with Crippen molar-refractivity contribution in [1.29, 1.82) is 0 Å². The number of rotatable bonds is 5. The number of nitro groups is 1. The molecule has 0 aromatic carbocycles. The van der Waals surface area contributed by atoms with Crippen LogP contribution < -0.4 is 0 Å². The van der Waals surface area contributed by atoms with Crippen LogP contribution in [0.25, 0.3) is 20.9 Å². The molecule has 0 saturated heterocycles. The Hall–Kier alpha value is -2.55. The summed E-state index contributed by atoms with van der Waals surface area (Å²) < 4.78 is 4.74. The smallest absolute Gasteiger partial charge is 0.316 e. The third-order valence-corrected chi connectivity index (χ3v) is 3.22. The summed E-state index contributed by atoms with van der Waals surface area (Å²) in [6.45, 7) is 1.55. The van der Waals surface area contributed by atoms with Crippen molar-refractivity contribution in [3.63, 3.8) is 0 Å². The highest BCUT2D eigenvalue weighted by Gasteiger charge is 2.53. The van der Waals surface area contributed by atoms with Gasteiger partial charge in [-0.05, 0) is 24.4 Å². The van der Waals surface area contributed by atoms with Gasteiger partial charge in [-0.25, -0.2) is 0 Å². The normalized spacial score (nSPS) is 31.4. The third-order valence-electron chi connectivity index (χ3n) is 3.22. The van der Waals surface area contributed by atoms with Crippen LogP contribution in [0.15, 0.2) is 10.2 Å². The van der Waals surface area contributed by atoms with Crippen molar-refractivity contribution >= 4 is 5.97 Å². The van der Waals surface area contributed by atoms with Crippen molar-refractivity contribution in [3.05, 3.63) is 31.0 Å². The van der Waals surface area contributed by atoms with E-state index in [0.717, 1.165) is 0 Å². The number of aliphatic hydroxyl groups excluding tert-OH is 1. The van der Waals surface area contributed by atoms with Gasteiger partial charge in [0.05, 0.1) is 12.6 Å². The van der Waals surface area contributed by atoms with Gasteiger partial charge in [0.25, 0.3) is 6.04 Å². The molecule has 0 aromatic rings. The minimum atomic E-state index is -1.76. The van der Waals surface area contributed by atoms with Crippen molar-refractivity contribution in [1.82, 2.24) is 0 Å². The predicted molar refractivity (Wildman–Crippen MR) is 67.4 cm³/mol. The summed E-state index contributed by atoms with van der Waals surface area (Å²) >= 11 is 0. The van der Waals surface area contributed by atoms with Gasteiger partial charge in [-0.1, -0.05) is 10.2 Å². The SMILES string of the molecule is CCOC(=O)[C@H]1C[C@H](N=[N+]=[N-])[C@@H](N=[N+]=[N-])[C@H](O)[C@@H]1[N+](=O)[O-]. The number of carbonyl (C=O) groups is 1. The van der Waals surface area contributed by atoms with Crippen molar-refractivity contribution in [2.45, 2.75) is 37.6 Å². The van der Waals surface area contributed by atoms with Crippen molar-refractivity contribution in [3.8, 4) is 0 Å². The first-order chi connectivity index (χ1) is 9.97. The molecular formula is C9H13N7O5. The molecule has 0 aromatic heterocycles. The molecule has 0 aliphatic heterocycles. The van der Waals surface area contributed by atoms with E-state index in [-0.39, 0.29) is 13.0 Å². The molecule has 114 valence electrons. The molecule has 0 heterocycles. The van der Waals surface area contributed by atoms with E-state index in [1.165, 1.54) is 6.92 Å². The molecule has 0 unspecified atom stereocenters. The Balaban J connectivity index is 3.20. The molecule has 5 atom stereocenters. The van der Waals surface area contributed by atoms with Crippen LogP contribution >= 0.6 is 0 Å². The number of aliphatic hydroxyl groups is 1. The van der Waals surface area contributed by atoms with E-state index < -0.39 is 41.0 Å². The molecule has 1 saturated carbocycles. The predicted octanol–water partition coefficient (Wildman–Crippen LogP) is 0.933. The fourth-order valence-electron chi connectivity index (χ4n) is 2.35. The van der Waals surface area contributed by atoms with E-state index in [2.05, 4.69) is 20.1 Å². The lowest BCUT2D eigenvalue weighted by Crippen LogP contribution is -2.57. The number of carbonyl (C=O) groups excluding carboxylic acids is 1. The number of azide groups is 2. The summed E-state index contributed by atoms with van der Waals surface area (Å²) in [5.74, 6) is -2.15. The van der Waals surface area contributed by atoms with Crippen LogP contribution in [0.4, 0.5) is 0 Å². The molecule has 12 heteroatoms. The van der Waals surface area contributed by atoms with Crippen LogP contribution in [0.1, 0.15) is 13.3 Å². The minimum Gasteiger partial charge on any atom is -0.466 e. The number of nitrogens with zero attached hydrogens (tertiary/aromatic N) is 7. The molecule has 21 heavy (non-hydrogen) atoms. The lowest BCUT2D eigenvalue weighted by atomic mass is 9.77. The molecule has 0 radical (unpaired) electrons. The molecule has 0 spiro atoms. The fraction of sp³-hybridized carbons (Fsp3) is 0.889. The summed E-state index contributed by atoms with van der Waals surface area (Å²) in [7, 11) is 0. The Kier molecular flexibility index (Phi) is 5.73. The first kappa shape index (κ1) is 16.5. The Morgan fingerprint density at radius 2 is 2.10 bits per heavy atom. The van der Waals surface area contributed by atoms with E-state index >= 15 is 0 Å². The van der Waals surface area contributed by atoms with E-state index in [9.17, 15) is 20.0 Å². The second kappa shape index (κ2) is 7.29. The van der Waals surface area contributed by atoms with Crippen molar-refractivity contribution < 1.29 is 19.6 Å². The van der Waals surface area contributed by atoms with E-state index in [1.807, 2.05) is 0 Å². The van der Waals surface area contributed by atoms with Crippen LogP contribution in [-0.4, -0.2) is 46.8 Å². The minimum absolute atomic E-state index is 0.0157. The highest BCUT2D eigenvalue weighted by atomic mass is 16.6. The van der Waals surface area contributed by atoms with Crippen LogP contribution in [0.5, 0.6) is 0 Å². The fourth-order valence-corrected chi connectivity index (χ4v) is 2.35. The second-order valence-electron chi connectivity index (χ2n) is 4.33. The largest absolute Gasteiger partial charge is 0.466 e. The van der Waals surface area contributed by atoms with Gasteiger partial charge in [0, 0.05) is 20.8 Å². The zero-order valence-electron chi connectivity index (χ0n) is 11.0. The van der Waals surface area contributed by atoms with Crippen LogP contribution in [-0.2, 0) is 9.53 Å². The maximum Gasteiger partial charge on any atom is 0.316 e. The molecule has 1 rings (SSSR count). The second-order valence-corrected chi connectivity index (χ2v) is 4.33. The van der Waals surface area contributed by atoms with E-state index in [0.29, 0.717) is 0 Å². The summed E-state index contributed by atoms with van der Waals surface area (Å²) in [5.41, 5.74) is 16.9. The van der Waals surface area contributed by atoms with Crippen molar-refractivity contribution in [2.24, 2.45) is 16.1 Å². The topological polar surface area (TPSA) is 187 Å². The molecule has 1 aliphatic rings. The van der Waals surface area contributed by atoms with E-state index in [1.54, 1.807) is 0 Å². The Labute approximate surface area is 118 Å². The van der Waals surface area contributed by atoms with Crippen LogP contribution in [0, 0.1) is 16.0 Å². The monoisotopic (exact) mass is 299 g/mol. The summed E-state index contributed by atoms with van der Waals surface area (Å²) in [5, 5.41) is 27.7. The summed E-state index contributed by atoms with van der Waals surface area (Å²) in [6, 6.07) is -4.07. The van der Waals surface area contributed by atoms with Gasteiger partial charge >= 0.3 is 5.97 Å². The zero-order valence-corrected chi connectivity index (χ0v) is 11.0. The van der Waals surface area contributed by atoms with Crippen LogP contribution in [0.3, 0.4) is 0 Å². The van der Waals surface area contributed by atoms with Gasteiger partial charge in [0.2, 0.25) is 0 Å². The molecule has 0 amide bonds. The first-order valence-corrected chi connectivity index (χ1v) is 6.04. The Bertz CT molecular complexity index is 513. The molecule has 1 N–H and O–H groups in total. The zero-order chi connectivity index (χ0) is 16.0. The Morgan fingerprint density at radius 1 is 1.48 bits per heavy atom. The maximum atomic E-state index is 11.8. The van der Waals surface area contributed by atoms with Gasteiger partial charge in [0.15, 0.2) is 0 Å². The molecule has 1 aliphatic carbocycles. The average molecular weight is 299 g/mol. The first-order valence-electron chi connectivity index (χ1n) is 6.04. The average Bonchev–Trinajstić information content (AvgIpc) is 2.42. The summed E-state index contributed by atoms with van der Waals surface area (Å²) in [6.07, 6.45) is -2.00. The molecular weight excluding hydrogens is 286 g/mol. The van der Waals surface area contributed by atoms with E-state index in [4.69, 9.17) is 15.8 Å². The molecule has 1 fully saturated rings. The number of hydrogen-bond donors (Lipinski definition) is 1. The number of hydrogen-bond acceptors (Lipinski definition) is 7. The van der Waals surface area contributed by atoms with Gasteiger partial charge in [-0.15, -0.1) is 0 Å². The summed E-state index contributed by atoms with van der Waals surface area (Å²) in [4.78, 5) is 27.1. The van der Waals surface area contributed by atoms with Gasteiger partial charge in [-0.2, -0.15) is 0 Å². The van der Waals surface area contributed by atoms with Gasteiger partial charge in [-0.3, -0.25) is 14.9 Å². The standard InChI is InChI=1S/C9H13N7O5/c1-2-21-9(18)4-3-5(12-14-10)6(13-15-11)8(17)7(4)16(19)20/h4-8,17H,2-3H2,1H3/t4-,5-,6+,7+,8-/m0/s1. The van der Waals surface area contributed by atoms with Gasteiger partial charge < -0.3 is 9.84 Å². The lowest BCUT2D eigenvalue weighted by molar-refractivity contribution is -0.545. The molecule has 0 bridgehead atoms. The highest BCUT2D eigenvalue weighted by Crippen LogP contribution is 2.32. The van der Waals surface area contributed by atoms with Crippen LogP contribution in [0.2, 0.25) is 0 Å². The third kappa shape index (κ3) is 3.51. The van der Waals surface area contributed by atoms with Gasteiger partial charge in [0.1, 0.15) is 12.0 Å². The number of esters is 1. The van der Waals surface area contributed by atoms with Crippen molar-refractivity contribution in [2.75, 3.05) is 6.61 Å². The molecule has 12 nitrogen and oxygen atoms in total. The highest BCUT2D eigenvalue weighted by molar-refractivity contribution is 5.73. The quantitative estimate of drug-likeness (QED) is 0.197. The Morgan fingerprint density at radius 3 is 2.57 bits per heavy atom. The maximum absolute atomic E-state index is 11.8. The number of ether oxygens (including phenoxy) is 1.